The molecule has 0 radical (unpaired) electrons. The Morgan fingerprint density at radius 3 is 2.48 bits per heavy atom. The summed E-state index contributed by atoms with van der Waals surface area (Å²) < 4.78 is 0. The van der Waals surface area contributed by atoms with E-state index < -0.39 is 35.7 Å². The lowest BCUT2D eigenvalue weighted by atomic mass is 10.0. The molecule has 0 aliphatic carbocycles. The molecular weight excluding hydrogens is 280 g/mol. The number of carbonyl (C=O) groups is 4. The van der Waals surface area contributed by atoms with Crippen LogP contribution in [0.15, 0.2) is 0 Å². The first-order chi connectivity index (χ1) is 9.84. The highest BCUT2D eigenvalue weighted by Gasteiger charge is 2.34. The quantitative estimate of drug-likeness (QED) is 0.598. The number of aliphatic carboxylic acids is 2. The van der Waals surface area contributed by atoms with E-state index in [-0.39, 0.29) is 19.5 Å². The summed E-state index contributed by atoms with van der Waals surface area (Å²) >= 11 is 0. The highest BCUT2D eigenvalue weighted by atomic mass is 16.4. The summed E-state index contributed by atoms with van der Waals surface area (Å²) in [6, 6.07) is -0.963. The maximum atomic E-state index is 12.0. The molecule has 1 heterocycles. The molecule has 1 fully saturated rings. The van der Waals surface area contributed by atoms with Crippen LogP contribution >= 0.6 is 0 Å². The number of carboxylic acid groups (broad SMARTS) is 2. The van der Waals surface area contributed by atoms with E-state index in [0.29, 0.717) is 19.3 Å². The fourth-order valence-electron chi connectivity index (χ4n) is 2.16. The topological polar surface area (TPSA) is 124 Å². The number of rotatable bonds is 5. The Labute approximate surface area is 122 Å². The van der Waals surface area contributed by atoms with E-state index in [0.717, 1.165) is 4.90 Å². The summed E-state index contributed by atoms with van der Waals surface area (Å²) in [5, 5.41) is 20.1. The van der Waals surface area contributed by atoms with Crippen molar-refractivity contribution in [3.63, 3.8) is 0 Å². The number of amides is 2. The van der Waals surface area contributed by atoms with E-state index >= 15 is 0 Å². The van der Waals surface area contributed by atoms with Crippen molar-refractivity contribution in [2.75, 3.05) is 13.1 Å². The van der Waals surface area contributed by atoms with Crippen molar-refractivity contribution in [1.29, 1.82) is 0 Å². The monoisotopic (exact) mass is 300 g/mol. The molecule has 0 saturated carbocycles. The summed E-state index contributed by atoms with van der Waals surface area (Å²) in [6.45, 7) is 1.81. The van der Waals surface area contributed by atoms with Gasteiger partial charge >= 0.3 is 23.8 Å². The van der Waals surface area contributed by atoms with Crippen LogP contribution in [-0.4, -0.2) is 58.0 Å². The van der Waals surface area contributed by atoms with Crippen molar-refractivity contribution in [3.05, 3.63) is 0 Å². The molecule has 0 aromatic rings. The van der Waals surface area contributed by atoms with Crippen molar-refractivity contribution in [3.8, 4) is 0 Å². The Balaban J connectivity index is 2.51. The van der Waals surface area contributed by atoms with Gasteiger partial charge < -0.3 is 20.4 Å². The largest absolute Gasteiger partial charge is 0.481 e. The minimum Gasteiger partial charge on any atom is -0.481 e. The van der Waals surface area contributed by atoms with Crippen LogP contribution in [0, 0.1) is 5.92 Å². The standard InChI is InChI=1S/C13H20N2O6/c1-8(12(18)19)5-6-14-10(16)11(17)15-7-3-2-4-9(15)13(20)21/h8-9H,2-7H2,1H3,(H,14,16)(H,18,19)(H,20,21)/t8?,9-/m0/s1. The van der Waals surface area contributed by atoms with E-state index in [4.69, 9.17) is 10.2 Å². The maximum Gasteiger partial charge on any atom is 0.326 e. The van der Waals surface area contributed by atoms with Gasteiger partial charge in [-0.2, -0.15) is 0 Å². The number of hydrogen-bond acceptors (Lipinski definition) is 4. The fraction of sp³-hybridized carbons (Fsp3) is 0.692. The SMILES string of the molecule is CC(CCNC(=O)C(=O)N1CCCC[C@H]1C(=O)O)C(=O)O. The highest BCUT2D eigenvalue weighted by Crippen LogP contribution is 2.17. The summed E-state index contributed by atoms with van der Waals surface area (Å²) in [5.41, 5.74) is 0. The third kappa shape index (κ3) is 4.73. The number of nitrogens with one attached hydrogen (secondary N) is 1. The van der Waals surface area contributed by atoms with E-state index in [1.165, 1.54) is 6.92 Å². The molecule has 1 aliphatic rings. The number of nitrogens with zero attached hydrogens (tertiary/aromatic N) is 1. The molecule has 0 bridgehead atoms. The smallest absolute Gasteiger partial charge is 0.326 e. The van der Waals surface area contributed by atoms with Crippen molar-refractivity contribution in [2.24, 2.45) is 5.92 Å². The molecule has 0 aromatic heterocycles. The zero-order chi connectivity index (χ0) is 16.0. The second-order valence-corrected chi connectivity index (χ2v) is 5.13. The molecule has 2 atom stereocenters. The van der Waals surface area contributed by atoms with Crippen molar-refractivity contribution in [2.45, 2.75) is 38.6 Å². The van der Waals surface area contributed by atoms with Crippen LogP contribution in [0.2, 0.25) is 0 Å². The van der Waals surface area contributed by atoms with Gasteiger partial charge in [-0.3, -0.25) is 14.4 Å². The number of carbonyl (C=O) groups excluding carboxylic acids is 2. The van der Waals surface area contributed by atoms with Gasteiger partial charge in [0.2, 0.25) is 0 Å². The average molecular weight is 300 g/mol. The second-order valence-electron chi connectivity index (χ2n) is 5.13. The van der Waals surface area contributed by atoms with Gasteiger partial charge in [-0.25, -0.2) is 4.79 Å². The normalized spacial score (nSPS) is 19.7. The molecule has 118 valence electrons. The van der Waals surface area contributed by atoms with Crippen molar-refractivity contribution < 1.29 is 29.4 Å². The number of carboxylic acids is 2. The minimum absolute atomic E-state index is 0.0591. The van der Waals surface area contributed by atoms with Gasteiger partial charge in [-0.05, 0) is 25.7 Å². The average Bonchev–Trinajstić information content (AvgIpc) is 2.45. The number of likely N-dealkylation sites (tertiary alicyclic amines) is 1. The second kappa shape index (κ2) is 7.61. The molecule has 0 aromatic carbocycles. The zero-order valence-electron chi connectivity index (χ0n) is 11.9. The maximum absolute atomic E-state index is 12.0. The van der Waals surface area contributed by atoms with Crippen LogP contribution in [0.4, 0.5) is 0 Å². The molecule has 1 aliphatic heterocycles. The van der Waals surface area contributed by atoms with Crippen molar-refractivity contribution >= 4 is 23.8 Å². The number of piperidine rings is 1. The Hall–Kier alpha value is -2.12. The lowest BCUT2D eigenvalue weighted by Gasteiger charge is -2.32. The third-order valence-electron chi connectivity index (χ3n) is 3.53. The summed E-state index contributed by atoms with van der Waals surface area (Å²) in [7, 11) is 0. The molecule has 1 rings (SSSR count). The molecule has 0 spiro atoms. The van der Waals surface area contributed by atoms with Gasteiger partial charge in [0, 0.05) is 13.1 Å². The lowest BCUT2D eigenvalue weighted by Crippen LogP contribution is -2.53. The first-order valence-electron chi connectivity index (χ1n) is 6.89. The summed E-state index contributed by atoms with van der Waals surface area (Å²) in [4.78, 5) is 46.4. The van der Waals surface area contributed by atoms with E-state index in [1.807, 2.05) is 0 Å². The molecule has 1 unspecified atom stereocenters. The Bertz CT molecular complexity index is 436. The molecule has 3 N–H and O–H groups in total. The first kappa shape index (κ1) is 16.9. The summed E-state index contributed by atoms with van der Waals surface area (Å²) in [6.07, 6.45) is 1.92. The van der Waals surface area contributed by atoms with E-state index in [2.05, 4.69) is 5.32 Å². The summed E-state index contributed by atoms with van der Waals surface area (Å²) in [5.74, 6) is -4.47. The van der Waals surface area contributed by atoms with Crippen molar-refractivity contribution in [1.82, 2.24) is 10.2 Å². The van der Waals surface area contributed by atoms with Crippen LogP contribution in [0.3, 0.4) is 0 Å². The first-order valence-corrected chi connectivity index (χ1v) is 6.89. The van der Waals surface area contributed by atoms with Gasteiger partial charge in [-0.1, -0.05) is 6.92 Å². The van der Waals surface area contributed by atoms with E-state index in [1.54, 1.807) is 0 Å². The van der Waals surface area contributed by atoms with Gasteiger partial charge in [-0.15, -0.1) is 0 Å². The van der Waals surface area contributed by atoms with Crippen LogP contribution in [0.1, 0.15) is 32.6 Å². The fourth-order valence-corrected chi connectivity index (χ4v) is 2.16. The molecule has 8 heteroatoms. The Morgan fingerprint density at radius 1 is 1.24 bits per heavy atom. The molecule has 1 saturated heterocycles. The third-order valence-corrected chi connectivity index (χ3v) is 3.53. The lowest BCUT2D eigenvalue weighted by molar-refractivity contribution is -0.156. The van der Waals surface area contributed by atoms with Gasteiger partial charge in [0.15, 0.2) is 0 Å². The van der Waals surface area contributed by atoms with E-state index in [9.17, 15) is 19.2 Å². The number of hydrogen-bond donors (Lipinski definition) is 3. The molecule has 2 amide bonds. The van der Waals surface area contributed by atoms with Crippen LogP contribution in [0.5, 0.6) is 0 Å². The van der Waals surface area contributed by atoms with Gasteiger partial charge in [0.25, 0.3) is 0 Å². The molecule has 21 heavy (non-hydrogen) atoms. The molecule has 8 nitrogen and oxygen atoms in total. The highest BCUT2D eigenvalue weighted by molar-refractivity contribution is 6.35. The zero-order valence-corrected chi connectivity index (χ0v) is 11.9. The van der Waals surface area contributed by atoms with Crippen LogP contribution in [-0.2, 0) is 19.2 Å². The Morgan fingerprint density at radius 2 is 1.90 bits per heavy atom. The van der Waals surface area contributed by atoms with Crippen LogP contribution in [0.25, 0.3) is 0 Å². The van der Waals surface area contributed by atoms with Crippen LogP contribution < -0.4 is 5.32 Å². The predicted octanol–water partition coefficient (Wildman–Crippen LogP) is -0.321. The van der Waals surface area contributed by atoms with Gasteiger partial charge in [0.05, 0.1) is 5.92 Å². The minimum atomic E-state index is -1.12. The molecular formula is C13H20N2O6. The van der Waals surface area contributed by atoms with Gasteiger partial charge in [0.1, 0.15) is 6.04 Å². The predicted molar refractivity (Wildman–Crippen MR) is 71.4 cm³/mol. The Kier molecular flexibility index (Phi) is 6.13.